The predicted molar refractivity (Wildman–Crippen MR) is 143 cm³/mol. The number of carbonyl (C=O) groups is 1. The van der Waals surface area contributed by atoms with E-state index in [2.05, 4.69) is 31.1 Å². The zero-order chi connectivity index (χ0) is 27.0. The molecule has 0 fully saturated rings. The zero-order valence-corrected chi connectivity index (χ0v) is 23.7. The Kier molecular flexibility index (Phi) is 10.9. The molecule has 0 aromatic heterocycles. The van der Waals surface area contributed by atoms with Crippen LogP contribution in [0.25, 0.3) is 0 Å². The third kappa shape index (κ3) is 8.03. The molecule has 36 heavy (non-hydrogen) atoms. The lowest BCUT2D eigenvalue weighted by atomic mass is 10.1. The van der Waals surface area contributed by atoms with Gasteiger partial charge < -0.3 is 19.3 Å². The van der Waals surface area contributed by atoms with Gasteiger partial charge in [-0.15, -0.1) is 0 Å². The summed E-state index contributed by atoms with van der Waals surface area (Å²) in [5.74, 6) is 0.464. The Morgan fingerprint density at radius 2 is 1.50 bits per heavy atom. The van der Waals surface area contributed by atoms with Crippen LogP contribution >= 0.6 is 0 Å². The molecule has 8 nitrogen and oxygen atoms in total. The molecule has 0 saturated heterocycles. The molecule has 0 aliphatic rings. The summed E-state index contributed by atoms with van der Waals surface area (Å²) < 4.78 is 38.5. The average molecular weight is 520 g/mol. The van der Waals surface area contributed by atoms with Crippen LogP contribution in [-0.2, 0) is 32.5 Å². The van der Waals surface area contributed by atoms with Crippen molar-refractivity contribution in [2.24, 2.45) is 0 Å². The van der Waals surface area contributed by atoms with Crippen LogP contribution in [-0.4, -0.2) is 89.5 Å². The third-order valence-corrected chi connectivity index (χ3v) is 8.29. The number of likely N-dealkylation sites (N-methyl/N-ethyl adjacent to an activating group) is 3. The summed E-state index contributed by atoms with van der Waals surface area (Å²) in [6.45, 7) is 6.89. The standard InChI is InChI=1S/C27H41N3O5S/c1-20-17-25(34-8)18-21(2)26(20)36(32,33)30(7)15-16-35-22(3)27(31)29(6)19-24-11-9-23(10-12-24)13-14-28(4)5/h9-12,17-18,22H,13-16,19H2,1-8H3/t22-/m1/s1. The van der Waals surface area contributed by atoms with Crippen molar-refractivity contribution in [2.75, 3.05) is 55.0 Å². The minimum absolute atomic E-state index is 0.102. The zero-order valence-electron chi connectivity index (χ0n) is 22.9. The second-order valence-electron chi connectivity index (χ2n) is 9.49. The third-order valence-electron chi connectivity index (χ3n) is 6.13. The van der Waals surface area contributed by atoms with Crippen LogP contribution in [0.2, 0.25) is 0 Å². The highest BCUT2D eigenvalue weighted by atomic mass is 32.2. The Hall–Kier alpha value is -2.46. The maximum absolute atomic E-state index is 13.1. The van der Waals surface area contributed by atoms with Crippen LogP contribution in [0.3, 0.4) is 0 Å². The van der Waals surface area contributed by atoms with E-state index in [-0.39, 0.29) is 24.0 Å². The summed E-state index contributed by atoms with van der Waals surface area (Å²) in [5.41, 5.74) is 3.55. The lowest BCUT2D eigenvalue weighted by Crippen LogP contribution is -2.38. The summed E-state index contributed by atoms with van der Waals surface area (Å²) in [6, 6.07) is 11.7. The molecule has 0 spiro atoms. The molecule has 2 aromatic carbocycles. The maximum atomic E-state index is 13.1. The van der Waals surface area contributed by atoms with Gasteiger partial charge in [-0.25, -0.2) is 8.42 Å². The van der Waals surface area contributed by atoms with E-state index >= 15 is 0 Å². The molecule has 0 aliphatic carbocycles. The van der Waals surface area contributed by atoms with Gasteiger partial charge in [-0.2, -0.15) is 4.31 Å². The van der Waals surface area contributed by atoms with Crippen molar-refractivity contribution < 1.29 is 22.7 Å². The molecule has 1 amide bonds. The van der Waals surface area contributed by atoms with Gasteiger partial charge >= 0.3 is 0 Å². The molecule has 2 rings (SSSR count). The molecule has 2 aromatic rings. The predicted octanol–water partition coefficient (Wildman–Crippen LogP) is 3.10. The molecular weight excluding hydrogens is 478 g/mol. The summed E-state index contributed by atoms with van der Waals surface area (Å²) in [4.78, 5) is 16.8. The molecule has 0 unspecified atom stereocenters. The van der Waals surface area contributed by atoms with E-state index in [9.17, 15) is 13.2 Å². The summed E-state index contributed by atoms with van der Waals surface area (Å²) in [5, 5.41) is 0. The minimum Gasteiger partial charge on any atom is -0.497 e. The molecule has 0 radical (unpaired) electrons. The second-order valence-corrected chi connectivity index (χ2v) is 11.5. The Balaban J connectivity index is 1.89. The number of sulfonamides is 1. The molecule has 0 heterocycles. The van der Waals surface area contributed by atoms with Crippen LogP contribution < -0.4 is 4.74 Å². The summed E-state index contributed by atoms with van der Waals surface area (Å²) in [6.07, 6.45) is 0.296. The van der Waals surface area contributed by atoms with E-state index in [4.69, 9.17) is 9.47 Å². The van der Waals surface area contributed by atoms with Crippen LogP contribution in [0, 0.1) is 13.8 Å². The first kappa shape index (κ1) is 29.8. The van der Waals surface area contributed by atoms with Gasteiger partial charge in [0.1, 0.15) is 11.9 Å². The van der Waals surface area contributed by atoms with E-state index < -0.39 is 16.1 Å². The fourth-order valence-corrected chi connectivity index (χ4v) is 5.52. The Morgan fingerprint density at radius 3 is 2.03 bits per heavy atom. The number of nitrogens with zero attached hydrogens (tertiary/aromatic N) is 3. The largest absolute Gasteiger partial charge is 0.497 e. The molecule has 0 N–H and O–H groups in total. The Morgan fingerprint density at radius 1 is 0.944 bits per heavy atom. The van der Waals surface area contributed by atoms with Gasteiger partial charge in [0.15, 0.2) is 0 Å². The van der Waals surface area contributed by atoms with E-state index in [1.165, 1.54) is 16.9 Å². The number of rotatable bonds is 13. The van der Waals surface area contributed by atoms with Crippen molar-refractivity contribution in [1.29, 1.82) is 0 Å². The van der Waals surface area contributed by atoms with Crippen molar-refractivity contribution in [3.05, 3.63) is 58.7 Å². The first-order chi connectivity index (χ1) is 16.9. The van der Waals surface area contributed by atoms with Crippen LogP contribution in [0.15, 0.2) is 41.3 Å². The molecule has 0 aliphatic heterocycles. The highest BCUT2D eigenvalue weighted by Crippen LogP contribution is 2.27. The monoisotopic (exact) mass is 519 g/mol. The SMILES string of the molecule is COc1cc(C)c(S(=O)(=O)N(C)CCO[C@H](C)C(=O)N(C)Cc2ccc(CCN(C)C)cc2)c(C)c1. The second kappa shape index (κ2) is 13.2. The lowest BCUT2D eigenvalue weighted by Gasteiger charge is -2.24. The highest BCUT2D eigenvalue weighted by Gasteiger charge is 2.26. The van der Waals surface area contributed by atoms with E-state index in [0.717, 1.165) is 18.5 Å². The Bertz CT molecular complexity index is 1090. The Labute approximate surface area is 216 Å². The number of carbonyl (C=O) groups excluding carboxylic acids is 1. The van der Waals surface area contributed by atoms with E-state index in [0.29, 0.717) is 23.4 Å². The fraction of sp³-hybridized carbons (Fsp3) is 0.519. The van der Waals surface area contributed by atoms with Crippen molar-refractivity contribution in [3.8, 4) is 5.75 Å². The topological polar surface area (TPSA) is 79.4 Å². The minimum atomic E-state index is -3.71. The number of hydrogen-bond acceptors (Lipinski definition) is 6. The number of benzene rings is 2. The van der Waals surface area contributed by atoms with Crippen molar-refractivity contribution in [3.63, 3.8) is 0 Å². The van der Waals surface area contributed by atoms with Crippen LogP contribution in [0.5, 0.6) is 5.75 Å². The number of amides is 1. The van der Waals surface area contributed by atoms with Crippen LogP contribution in [0.1, 0.15) is 29.2 Å². The molecule has 9 heteroatoms. The summed E-state index contributed by atoms with van der Waals surface area (Å²) >= 11 is 0. The molecule has 0 bridgehead atoms. The molecule has 1 atom stereocenters. The average Bonchev–Trinajstić information content (AvgIpc) is 2.82. The van der Waals surface area contributed by atoms with Crippen molar-refractivity contribution in [2.45, 2.75) is 44.7 Å². The van der Waals surface area contributed by atoms with Gasteiger partial charge in [0, 0.05) is 33.7 Å². The number of methoxy groups -OCH3 is 1. The highest BCUT2D eigenvalue weighted by molar-refractivity contribution is 7.89. The summed E-state index contributed by atoms with van der Waals surface area (Å²) in [7, 11) is 5.20. The number of hydrogen-bond donors (Lipinski definition) is 0. The smallest absolute Gasteiger partial charge is 0.251 e. The van der Waals surface area contributed by atoms with Crippen molar-refractivity contribution in [1.82, 2.24) is 14.1 Å². The fourth-order valence-electron chi connectivity index (χ4n) is 3.97. The maximum Gasteiger partial charge on any atom is 0.251 e. The van der Waals surface area contributed by atoms with Gasteiger partial charge in [-0.3, -0.25) is 4.79 Å². The first-order valence-electron chi connectivity index (χ1n) is 12.1. The number of aryl methyl sites for hydroxylation is 2. The van der Waals surface area contributed by atoms with E-state index in [1.807, 2.05) is 12.1 Å². The quantitative estimate of drug-likeness (QED) is 0.405. The molecular formula is C27H41N3O5S. The van der Waals surface area contributed by atoms with Gasteiger partial charge in [0.05, 0.1) is 18.6 Å². The van der Waals surface area contributed by atoms with Gasteiger partial charge in [0.25, 0.3) is 5.91 Å². The number of ether oxygens (including phenoxy) is 2. The molecule has 200 valence electrons. The van der Waals surface area contributed by atoms with Crippen LogP contribution in [0.4, 0.5) is 0 Å². The normalized spacial score (nSPS) is 12.7. The first-order valence-corrected chi connectivity index (χ1v) is 13.5. The molecule has 0 saturated carbocycles. The lowest BCUT2D eigenvalue weighted by molar-refractivity contribution is -0.141. The van der Waals surface area contributed by atoms with Crippen molar-refractivity contribution >= 4 is 15.9 Å². The van der Waals surface area contributed by atoms with Gasteiger partial charge in [-0.05, 0) is 75.7 Å². The van der Waals surface area contributed by atoms with E-state index in [1.54, 1.807) is 52.0 Å². The van der Waals surface area contributed by atoms with Gasteiger partial charge in [-0.1, -0.05) is 24.3 Å². The van der Waals surface area contributed by atoms with Gasteiger partial charge in [0.2, 0.25) is 10.0 Å².